The molecule has 4 heteroatoms. The number of hydrogen-bond donors (Lipinski definition) is 1. The summed E-state index contributed by atoms with van der Waals surface area (Å²) in [6, 6.07) is 7.74. The number of nitriles is 1. The normalized spacial score (nSPS) is 17.8. The molecule has 0 bridgehead atoms. The van der Waals surface area contributed by atoms with Gasteiger partial charge in [-0.05, 0) is 30.5 Å². The third kappa shape index (κ3) is 1.62. The fraction of sp³-hybridized carbons (Fsp3) is 0.231. The first-order chi connectivity index (χ1) is 8.29. The number of rotatable bonds is 1. The molecule has 0 fully saturated rings. The van der Waals surface area contributed by atoms with Gasteiger partial charge in [0.2, 0.25) is 0 Å². The van der Waals surface area contributed by atoms with Crippen molar-refractivity contribution in [2.75, 3.05) is 0 Å². The third-order valence-electron chi connectivity index (χ3n) is 3.33. The van der Waals surface area contributed by atoms with E-state index in [2.05, 4.69) is 16.3 Å². The Hall–Kier alpha value is -1.79. The van der Waals surface area contributed by atoms with Gasteiger partial charge >= 0.3 is 0 Å². The van der Waals surface area contributed by atoms with E-state index in [4.69, 9.17) is 16.9 Å². The van der Waals surface area contributed by atoms with E-state index in [1.807, 2.05) is 18.3 Å². The van der Waals surface area contributed by atoms with E-state index in [9.17, 15) is 0 Å². The number of halogens is 1. The maximum absolute atomic E-state index is 8.85. The predicted molar refractivity (Wildman–Crippen MR) is 64.9 cm³/mol. The maximum atomic E-state index is 8.85. The van der Waals surface area contributed by atoms with Crippen LogP contribution in [0.25, 0.3) is 0 Å². The highest BCUT2D eigenvalue weighted by Gasteiger charge is 2.25. The SMILES string of the molecule is N#Cc1ccc(C2CCc3[nH]ncc32)cc1Cl. The van der Waals surface area contributed by atoms with Gasteiger partial charge in [0, 0.05) is 17.2 Å². The van der Waals surface area contributed by atoms with Crippen molar-refractivity contribution in [1.82, 2.24) is 10.2 Å². The van der Waals surface area contributed by atoms with E-state index in [0.717, 1.165) is 18.4 Å². The zero-order chi connectivity index (χ0) is 11.8. The molecule has 1 aliphatic rings. The van der Waals surface area contributed by atoms with E-state index in [1.54, 1.807) is 6.07 Å². The molecule has 0 spiro atoms. The molecule has 3 nitrogen and oxygen atoms in total. The first-order valence-electron chi connectivity index (χ1n) is 5.51. The molecule has 1 unspecified atom stereocenters. The summed E-state index contributed by atoms with van der Waals surface area (Å²) in [7, 11) is 0. The molecule has 3 rings (SSSR count). The van der Waals surface area contributed by atoms with E-state index in [-0.39, 0.29) is 0 Å². The number of H-pyrrole nitrogens is 1. The molecular formula is C13H10ClN3. The van der Waals surface area contributed by atoms with Gasteiger partial charge in [-0.3, -0.25) is 5.10 Å². The molecule has 0 amide bonds. The van der Waals surface area contributed by atoms with E-state index < -0.39 is 0 Å². The van der Waals surface area contributed by atoms with Crippen LogP contribution in [0.2, 0.25) is 5.02 Å². The topological polar surface area (TPSA) is 52.5 Å². The number of benzene rings is 1. The van der Waals surface area contributed by atoms with Crippen LogP contribution in [0.3, 0.4) is 0 Å². The highest BCUT2D eigenvalue weighted by Crippen LogP contribution is 2.37. The van der Waals surface area contributed by atoms with Crippen LogP contribution in [-0.4, -0.2) is 10.2 Å². The van der Waals surface area contributed by atoms with Crippen LogP contribution in [0.1, 0.15) is 34.7 Å². The smallest absolute Gasteiger partial charge is 0.101 e. The van der Waals surface area contributed by atoms with Crippen molar-refractivity contribution in [3.8, 4) is 6.07 Å². The standard InChI is InChI=1S/C13H10ClN3/c14-12-5-8(1-2-9(12)6-15)10-3-4-13-11(10)7-16-17-13/h1-2,5,7,10H,3-4H2,(H,16,17). The molecule has 0 saturated carbocycles. The van der Waals surface area contributed by atoms with Crippen LogP contribution < -0.4 is 0 Å². The van der Waals surface area contributed by atoms with E-state index in [1.165, 1.54) is 11.3 Å². The van der Waals surface area contributed by atoms with Crippen molar-refractivity contribution in [2.24, 2.45) is 0 Å². The minimum absolute atomic E-state index is 0.356. The van der Waals surface area contributed by atoms with Gasteiger partial charge in [-0.1, -0.05) is 17.7 Å². The Balaban J connectivity index is 2.02. The van der Waals surface area contributed by atoms with Gasteiger partial charge in [0.15, 0.2) is 0 Å². The lowest BCUT2D eigenvalue weighted by molar-refractivity contribution is 0.770. The molecule has 0 radical (unpaired) electrons. The average Bonchev–Trinajstić information content (AvgIpc) is 2.90. The molecule has 1 atom stereocenters. The Kier molecular flexibility index (Phi) is 2.38. The number of aromatic amines is 1. The number of nitrogens with zero attached hydrogens (tertiary/aromatic N) is 2. The summed E-state index contributed by atoms with van der Waals surface area (Å²) in [5.74, 6) is 0.356. The molecule has 2 aromatic rings. The summed E-state index contributed by atoms with van der Waals surface area (Å²) < 4.78 is 0. The van der Waals surface area contributed by atoms with E-state index in [0.29, 0.717) is 16.5 Å². The molecule has 1 heterocycles. The highest BCUT2D eigenvalue weighted by molar-refractivity contribution is 6.31. The average molecular weight is 244 g/mol. The summed E-state index contributed by atoms with van der Waals surface area (Å²) in [4.78, 5) is 0. The third-order valence-corrected chi connectivity index (χ3v) is 3.64. The molecule has 84 valence electrons. The highest BCUT2D eigenvalue weighted by atomic mass is 35.5. The Labute approximate surface area is 104 Å². The first-order valence-corrected chi connectivity index (χ1v) is 5.89. The van der Waals surface area contributed by atoms with Crippen molar-refractivity contribution < 1.29 is 0 Å². The van der Waals surface area contributed by atoms with Crippen LogP contribution in [0, 0.1) is 11.3 Å². The van der Waals surface area contributed by atoms with Gasteiger partial charge in [0.25, 0.3) is 0 Å². The Morgan fingerprint density at radius 2 is 2.35 bits per heavy atom. The van der Waals surface area contributed by atoms with Crippen LogP contribution >= 0.6 is 11.6 Å². The van der Waals surface area contributed by atoms with Gasteiger partial charge in [-0.15, -0.1) is 0 Å². The maximum Gasteiger partial charge on any atom is 0.101 e. The number of nitrogens with one attached hydrogen (secondary N) is 1. The molecule has 1 N–H and O–H groups in total. The lowest BCUT2D eigenvalue weighted by atomic mass is 9.94. The summed E-state index contributed by atoms with van der Waals surface area (Å²) >= 11 is 6.06. The summed E-state index contributed by atoms with van der Waals surface area (Å²) in [5, 5.41) is 16.5. The molecular weight excluding hydrogens is 234 g/mol. The number of fused-ring (bicyclic) bond motifs is 1. The van der Waals surface area contributed by atoms with Crippen LogP contribution in [0.5, 0.6) is 0 Å². The first kappa shape index (κ1) is 10.4. The van der Waals surface area contributed by atoms with Crippen LogP contribution in [-0.2, 0) is 6.42 Å². The van der Waals surface area contributed by atoms with Gasteiger partial charge in [-0.2, -0.15) is 10.4 Å². The molecule has 1 aliphatic carbocycles. The van der Waals surface area contributed by atoms with Crippen LogP contribution in [0.4, 0.5) is 0 Å². The molecule has 1 aromatic heterocycles. The Morgan fingerprint density at radius 1 is 1.47 bits per heavy atom. The van der Waals surface area contributed by atoms with Gasteiger partial charge in [0.05, 0.1) is 16.8 Å². The molecule has 0 saturated heterocycles. The second-order valence-corrected chi connectivity index (χ2v) is 4.65. The minimum Gasteiger partial charge on any atom is -0.282 e. The van der Waals surface area contributed by atoms with Crippen molar-refractivity contribution in [2.45, 2.75) is 18.8 Å². The predicted octanol–water partition coefficient (Wildman–Crippen LogP) is 3.01. The van der Waals surface area contributed by atoms with Gasteiger partial charge in [0.1, 0.15) is 6.07 Å². The Bertz CT molecular complexity index is 609. The van der Waals surface area contributed by atoms with Gasteiger partial charge < -0.3 is 0 Å². The Morgan fingerprint density at radius 3 is 3.12 bits per heavy atom. The second kappa shape index (κ2) is 3.90. The van der Waals surface area contributed by atoms with Crippen molar-refractivity contribution in [3.63, 3.8) is 0 Å². The number of aromatic nitrogens is 2. The lowest BCUT2D eigenvalue weighted by Gasteiger charge is -2.10. The second-order valence-electron chi connectivity index (χ2n) is 4.25. The number of aryl methyl sites for hydroxylation is 1. The molecule has 17 heavy (non-hydrogen) atoms. The zero-order valence-corrected chi connectivity index (χ0v) is 9.83. The zero-order valence-electron chi connectivity index (χ0n) is 9.07. The largest absolute Gasteiger partial charge is 0.282 e. The van der Waals surface area contributed by atoms with Crippen molar-refractivity contribution in [3.05, 3.63) is 51.8 Å². The van der Waals surface area contributed by atoms with Gasteiger partial charge in [-0.25, -0.2) is 0 Å². The summed E-state index contributed by atoms with van der Waals surface area (Å²) in [6.45, 7) is 0. The molecule has 1 aromatic carbocycles. The summed E-state index contributed by atoms with van der Waals surface area (Å²) in [6.07, 6.45) is 3.99. The monoisotopic (exact) mass is 243 g/mol. The quantitative estimate of drug-likeness (QED) is 0.837. The van der Waals surface area contributed by atoms with E-state index >= 15 is 0 Å². The summed E-state index contributed by atoms with van der Waals surface area (Å²) in [5.41, 5.74) is 4.16. The number of hydrogen-bond acceptors (Lipinski definition) is 2. The van der Waals surface area contributed by atoms with Crippen molar-refractivity contribution in [1.29, 1.82) is 5.26 Å². The fourth-order valence-electron chi connectivity index (χ4n) is 2.45. The molecule has 0 aliphatic heterocycles. The minimum atomic E-state index is 0.356. The van der Waals surface area contributed by atoms with Crippen molar-refractivity contribution >= 4 is 11.6 Å². The lowest BCUT2D eigenvalue weighted by Crippen LogP contribution is -1.95. The fourth-order valence-corrected chi connectivity index (χ4v) is 2.68. The van der Waals surface area contributed by atoms with Crippen LogP contribution in [0.15, 0.2) is 24.4 Å².